The van der Waals surface area contributed by atoms with Crippen LogP contribution < -0.4 is 4.74 Å². The van der Waals surface area contributed by atoms with Crippen molar-refractivity contribution in [3.8, 4) is 5.75 Å². The molecule has 0 aromatic heterocycles. The predicted octanol–water partition coefficient (Wildman–Crippen LogP) is 1.40. The molecule has 1 rings (SSSR count). The summed E-state index contributed by atoms with van der Waals surface area (Å²) in [4.78, 5) is 13.0. The zero-order chi connectivity index (χ0) is 8.65. The molecule has 12 heavy (non-hydrogen) atoms. The van der Waals surface area contributed by atoms with E-state index in [2.05, 4.69) is 4.99 Å². The third-order valence-electron chi connectivity index (χ3n) is 1.28. The highest BCUT2D eigenvalue weighted by Gasteiger charge is 1.88. The Kier molecular flexibility index (Phi) is 3.61. The van der Waals surface area contributed by atoms with Crippen LogP contribution in [-0.4, -0.2) is 19.2 Å². The summed E-state index contributed by atoms with van der Waals surface area (Å²) in [6.45, 7) is 0.775. The topological polar surface area (TPSA) is 38.7 Å². The number of para-hydroxylation sites is 1. The molecule has 0 saturated heterocycles. The van der Waals surface area contributed by atoms with E-state index in [1.54, 1.807) is 0 Å². The summed E-state index contributed by atoms with van der Waals surface area (Å²) in [6, 6.07) is 9.39. The monoisotopic (exact) mass is 163 g/mol. The van der Waals surface area contributed by atoms with E-state index in [1.165, 1.54) is 6.08 Å². The number of carbonyl (C=O) groups excluding carboxylic acids is 1. The quantitative estimate of drug-likeness (QED) is 0.382. The highest BCUT2D eigenvalue weighted by molar-refractivity contribution is 5.32. The van der Waals surface area contributed by atoms with Crippen molar-refractivity contribution in [2.24, 2.45) is 4.99 Å². The van der Waals surface area contributed by atoms with Gasteiger partial charge in [-0.05, 0) is 12.1 Å². The number of rotatable bonds is 4. The smallest absolute Gasteiger partial charge is 0.235 e. The van der Waals surface area contributed by atoms with Gasteiger partial charge in [0.2, 0.25) is 6.08 Å². The molecule has 62 valence electrons. The van der Waals surface area contributed by atoms with E-state index in [0.717, 1.165) is 5.75 Å². The minimum Gasteiger partial charge on any atom is -0.492 e. The Morgan fingerprint density at radius 1 is 1.33 bits per heavy atom. The van der Waals surface area contributed by atoms with Gasteiger partial charge in [-0.3, -0.25) is 0 Å². The Hall–Kier alpha value is -1.60. The van der Waals surface area contributed by atoms with Crippen LogP contribution in [0.4, 0.5) is 0 Å². The van der Waals surface area contributed by atoms with Gasteiger partial charge >= 0.3 is 0 Å². The van der Waals surface area contributed by atoms with Crippen molar-refractivity contribution in [1.82, 2.24) is 0 Å². The van der Waals surface area contributed by atoms with Gasteiger partial charge in [-0.2, -0.15) is 0 Å². The first-order valence-electron chi connectivity index (χ1n) is 3.65. The van der Waals surface area contributed by atoms with Gasteiger partial charge in [-0.15, -0.1) is 0 Å². The number of nitrogens with zero attached hydrogens (tertiary/aromatic N) is 1. The highest BCUT2D eigenvalue weighted by atomic mass is 16.5. The van der Waals surface area contributed by atoms with Crippen molar-refractivity contribution in [2.75, 3.05) is 13.2 Å². The second kappa shape index (κ2) is 5.10. The fraction of sp³-hybridized carbons (Fsp3) is 0.222. The molecule has 0 N–H and O–H groups in total. The van der Waals surface area contributed by atoms with Gasteiger partial charge in [0.05, 0.1) is 6.54 Å². The average Bonchev–Trinajstić information content (AvgIpc) is 2.14. The minimum atomic E-state index is 0.360. The van der Waals surface area contributed by atoms with Gasteiger partial charge in [0, 0.05) is 0 Å². The van der Waals surface area contributed by atoms with Crippen LogP contribution in [0, 0.1) is 0 Å². The molecule has 3 heteroatoms. The fourth-order valence-electron chi connectivity index (χ4n) is 0.772. The molecule has 0 aliphatic rings. The lowest BCUT2D eigenvalue weighted by Gasteiger charge is -2.01. The van der Waals surface area contributed by atoms with Gasteiger partial charge in [0.25, 0.3) is 0 Å². The summed E-state index contributed by atoms with van der Waals surface area (Å²) < 4.78 is 5.24. The fourth-order valence-corrected chi connectivity index (χ4v) is 0.772. The second-order valence-corrected chi connectivity index (χ2v) is 2.13. The third-order valence-corrected chi connectivity index (χ3v) is 1.28. The molecule has 0 heterocycles. The van der Waals surface area contributed by atoms with Gasteiger partial charge in [-0.1, -0.05) is 18.2 Å². The predicted molar refractivity (Wildman–Crippen MR) is 44.9 cm³/mol. The van der Waals surface area contributed by atoms with Crippen LogP contribution in [0.25, 0.3) is 0 Å². The lowest BCUT2D eigenvalue weighted by atomic mass is 10.3. The maximum Gasteiger partial charge on any atom is 0.235 e. The molecule has 1 aromatic carbocycles. The maximum atomic E-state index is 9.67. The standard InChI is InChI=1S/C9H9NO2/c11-8-10-6-7-12-9-4-2-1-3-5-9/h1-5H,6-7H2. The molecule has 0 bridgehead atoms. The first kappa shape index (κ1) is 8.50. The Labute approximate surface area is 70.7 Å². The SMILES string of the molecule is O=C=NCCOc1ccccc1. The van der Waals surface area contributed by atoms with Crippen LogP contribution in [0.15, 0.2) is 35.3 Å². The Balaban J connectivity index is 2.29. The van der Waals surface area contributed by atoms with Crippen LogP contribution in [0.1, 0.15) is 0 Å². The van der Waals surface area contributed by atoms with Crippen molar-refractivity contribution < 1.29 is 9.53 Å². The van der Waals surface area contributed by atoms with Crippen molar-refractivity contribution in [1.29, 1.82) is 0 Å². The van der Waals surface area contributed by atoms with Gasteiger partial charge < -0.3 is 4.74 Å². The summed E-state index contributed by atoms with van der Waals surface area (Å²) >= 11 is 0. The first-order chi connectivity index (χ1) is 5.93. The Morgan fingerprint density at radius 3 is 2.75 bits per heavy atom. The maximum absolute atomic E-state index is 9.67. The van der Waals surface area contributed by atoms with Crippen LogP contribution in [0.5, 0.6) is 5.75 Å². The van der Waals surface area contributed by atoms with Crippen molar-refractivity contribution in [3.63, 3.8) is 0 Å². The Morgan fingerprint density at radius 2 is 2.08 bits per heavy atom. The number of hydrogen-bond donors (Lipinski definition) is 0. The number of aliphatic imine (C=N–C) groups is 1. The van der Waals surface area contributed by atoms with Gasteiger partial charge in [0.15, 0.2) is 0 Å². The van der Waals surface area contributed by atoms with Crippen molar-refractivity contribution >= 4 is 6.08 Å². The minimum absolute atomic E-state index is 0.360. The summed E-state index contributed by atoms with van der Waals surface area (Å²) in [6.07, 6.45) is 1.45. The second-order valence-electron chi connectivity index (χ2n) is 2.13. The van der Waals surface area contributed by atoms with Gasteiger partial charge in [0.1, 0.15) is 12.4 Å². The van der Waals surface area contributed by atoms with Crippen molar-refractivity contribution in [2.45, 2.75) is 0 Å². The molecule has 0 aliphatic heterocycles. The molecule has 0 unspecified atom stereocenters. The first-order valence-corrected chi connectivity index (χ1v) is 3.65. The molecule has 0 amide bonds. The third kappa shape index (κ3) is 2.99. The van der Waals surface area contributed by atoms with Crippen LogP contribution in [0.2, 0.25) is 0 Å². The number of ether oxygens (including phenoxy) is 1. The molecular formula is C9H9NO2. The summed E-state index contributed by atoms with van der Waals surface area (Å²) in [5.74, 6) is 0.790. The van der Waals surface area contributed by atoms with Crippen LogP contribution in [-0.2, 0) is 4.79 Å². The highest BCUT2D eigenvalue weighted by Crippen LogP contribution is 2.07. The molecule has 0 aliphatic carbocycles. The largest absolute Gasteiger partial charge is 0.492 e. The number of hydrogen-bond acceptors (Lipinski definition) is 3. The van der Waals surface area contributed by atoms with E-state index in [4.69, 9.17) is 4.74 Å². The zero-order valence-corrected chi connectivity index (χ0v) is 6.56. The van der Waals surface area contributed by atoms with E-state index in [0.29, 0.717) is 13.2 Å². The summed E-state index contributed by atoms with van der Waals surface area (Å²) in [5.41, 5.74) is 0. The lowest BCUT2D eigenvalue weighted by molar-refractivity contribution is 0.328. The Bertz CT molecular complexity index is 265. The van der Waals surface area contributed by atoms with Crippen molar-refractivity contribution in [3.05, 3.63) is 30.3 Å². The molecule has 0 atom stereocenters. The van der Waals surface area contributed by atoms with Crippen LogP contribution in [0.3, 0.4) is 0 Å². The van der Waals surface area contributed by atoms with Gasteiger partial charge in [-0.25, -0.2) is 9.79 Å². The molecule has 3 nitrogen and oxygen atoms in total. The summed E-state index contributed by atoms with van der Waals surface area (Å²) in [7, 11) is 0. The van der Waals surface area contributed by atoms with Crippen LogP contribution >= 0.6 is 0 Å². The van der Waals surface area contributed by atoms with E-state index in [1.807, 2.05) is 30.3 Å². The molecule has 0 saturated carbocycles. The summed E-state index contributed by atoms with van der Waals surface area (Å²) in [5, 5.41) is 0. The average molecular weight is 163 g/mol. The number of isocyanates is 1. The number of benzene rings is 1. The van der Waals surface area contributed by atoms with E-state index >= 15 is 0 Å². The molecule has 0 spiro atoms. The molecule has 0 radical (unpaired) electrons. The zero-order valence-electron chi connectivity index (χ0n) is 6.56. The molecule has 1 aromatic rings. The van der Waals surface area contributed by atoms with E-state index in [-0.39, 0.29) is 0 Å². The lowest BCUT2D eigenvalue weighted by Crippen LogP contribution is -1.99. The van der Waals surface area contributed by atoms with E-state index < -0.39 is 0 Å². The molecular weight excluding hydrogens is 154 g/mol. The molecule has 0 fully saturated rings. The normalized spacial score (nSPS) is 8.67. The van der Waals surface area contributed by atoms with E-state index in [9.17, 15) is 4.79 Å².